The Kier molecular flexibility index (Phi) is 3.24. The van der Waals surface area contributed by atoms with Crippen LogP contribution in [-0.2, 0) is 6.61 Å². The second-order valence-corrected chi connectivity index (χ2v) is 5.52. The molecule has 0 fully saturated rings. The van der Waals surface area contributed by atoms with Crippen molar-refractivity contribution in [1.82, 2.24) is 0 Å². The van der Waals surface area contributed by atoms with Crippen LogP contribution in [0.15, 0.2) is 33.5 Å². The molecule has 1 aliphatic rings. The summed E-state index contributed by atoms with van der Waals surface area (Å²) in [6.45, 7) is 0.112. The van der Waals surface area contributed by atoms with Crippen LogP contribution < -0.4 is 19.6 Å². The normalized spacial score (nSPS) is 12.2. The van der Waals surface area contributed by atoms with Crippen LogP contribution >= 0.6 is 0 Å². The first-order valence-corrected chi connectivity index (χ1v) is 7.45. The first-order valence-electron chi connectivity index (χ1n) is 7.45. The van der Waals surface area contributed by atoms with Gasteiger partial charge in [-0.2, -0.15) is 0 Å². The third-order valence-corrected chi connectivity index (χ3v) is 4.19. The zero-order valence-corrected chi connectivity index (χ0v) is 13.5. The van der Waals surface area contributed by atoms with E-state index in [-0.39, 0.29) is 52.1 Å². The Hall–Kier alpha value is -3.35. The van der Waals surface area contributed by atoms with E-state index in [9.17, 15) is 15.0 Å². The molecule has 0 unspecified atom stereocenters. The molecule has 1 aromatic heterocycles. The van der Waals surface area contributed by atoms with Gasteiger partial charge in [0.2, 0.25) is 16.9 Å². The van der Waals surface area contributed by atoms with Crippen LogP contribution in [0, 0.1) is 0 Å². The minimum Gasteiger partial charge on any atom is -0.507 e. The molecule has 128 valence electrons. The molecule has 0 amide bonds. The Labute approximate surface area is 141 Å². The lowest BCUT2D eigenvalue weighted by atomic mass is 10.0. The number of methoxy groups -OCH3 is 2. The van der Waals surface area contributed by atoms with Crippen molar-refractivity contribution in [3.63, 3.8) is 0 Å². The number of phenolic OH excluding ortho intramolecular Hbond substituents is 2. The lowest BCUT2D eigenvalue weighted by molar-refractivity contribution is 0.288. The average molecular weight is 342 g/mol. The van der Waals surface area contributed by atoms with Gasteiger partial charge < -0.3 is 28.8 Å². The summed E-state index contributed by atoms with van der Waals surface area (Å²) in [6.07, 6.45) is 0. The summed E-state index contributed by atoms with van der Waals surface area (Å²) in [6, 6.07) is 6.41. The number of ether oxygens (including phenoxy) is 3. The molecule has 2 N–H and O–H groups in total. The maximum absolute atomic E-state index is 12.9. The van der Waals surface area contributed by atoms with Crippen LogP contribution in [0.3, 0.4) is 0 Å². The zero-order chi connectivity index (χ0) is 17.7. The first kappa shape index (κ1) is 15.2. The van der Waals surface area contributed by atoms with Crippen molar-refractivity contribution in [1.29, 1.82) is 0 Å². The van der Waals surface area contributed by atoms with E-state index in [1.165, 1.54) is 26.4 Å². The molecule has 25 heavy (non-hydrogen) atoms. The SMILES string of the molecule is COc1cc2oc3c(c(=O)c2c(O)c1OC)OCc1cccc(O)c1-3. The van der Waals surface area contributed by atoms with Gasteiger partial charge in [-0.1, -0.05) is 12.1 Å². The second kappa shape index (κ2) is 5.34. The Morgan fingerprint density at radius 3 is 2.68 bits per heavy atom. The monoisotopic (exact) mass is 342 g/mol. The summed E-state index contributed by atoms with van der Waals surface area (Å²) in [4.78, 5) is 12.9. The quantitative estimate of drug-likeness (QED) is 0.739. The summed E-state index contributed by atoms with van der Waals surface area (Å²) < 4.78 is 21.6. The van der Waals surface area contributed by atoms with Crippen molar-refractivity contribution in [3.05, 3.63) is 40.1 Å². The molecule has 2 heterocycles. The molecule has 1 aliphatic heterocycles. The number of aromatic hydroxyl groups is 2. The molecule has 3 aromatic rings. The maximum Gasteiger partial charge on any atom is 0.239 e. The lowest BCUT2D eigenvalue weighted by Crippen LogP contribution is -2.15. The molecule has 0 spiro atoms. The highest BCUT2D eigenvalue weighted by atomic mass is 16.5. The summed E-state index contributed by atoms with van der Waals surface area (Å²) in [5, 5.41) is 20.5. The molecular weight excluding hydrogens is 328 g/mol. The van der Waals surface area contributed by atoms with Gasteiger partial charge in [0.15, 0.2) is 17.3 Å². The molecule has 0 bridgehead atoms. The molecule has 0 saturated carbocycles. The summed E-state index contributed by atoms with van der Waals surface area (Å²) >= 11 is 0. The van der Waals surface area contributed by atoms with Crippen molar-refractivity contribution >= 4 is 11.0 Å². The molecule has 0 saturated heterocycles. The van der Waals surface area contributed by atoms with Gasteiger partial charge in [0.25, 0.3) is 0 Å². The van der Waals surface area contributed by atoms with E-state index in [0.717, 1.165) is 0 Å². The fraction of sp³-hybridized carbons (Fsp3) is 0.167. The maximum atomic E-state index is 12.9. The fourth-order valence-electron chi connectivity index (χ4n) is 3.04. The number of rotatable bonds is 2. The van der Waals surface area contributed by atoms with E-state index in [1.807, 2.05) is 0 Å². The van der Waals surface area contributed by atoms with E-state index in [0.29, 0.717) is 11.1 Å². The fourth-order valence-corrected chi connectivity index (χ4v) is 3.04. The summed E-state index contributed by atoms with van der Waals surface area (Å²) in [5.74, 6) is -0.118. The standard InChI is InChI=1S/C18H14O7/c1-22-11-6-10-13(14(20)16(11)23-2)15(21)18-17(25-10)12-8(7-24-18)4-3-5-9(12)19/h3-6,19-20H,7H2,1-2H3. The lowest BCUT2D eigenvalue weighted by Gasteiger charge is -2.20. The smallest absolute Gasteiger partial charge is 0.239 e. The van der Waals surface area contributed by atoms with Gasteiger partial charge in [-0.25, -0.2) is 0 Å². The zero-order valence-electron chi connectivity index (χ0n) is 13.5. The van der Waals surface area contributed by atoms with Crippen LogP contribution in [0.5, 0.6) is 28.7 Å². The number of hydrogen-bond acceptors (Lipinski definition) is 7. The molecule has 2 aromatic carbocycles. The Balaban J connectivity index is 2.14. The van der Waals surface area contributed by atoms with E-state index in [4.69, 9.17) is 18.6 Å². The van der Waals surface area contributed by atoms with Crippen LogP contribution in [0.25, 0.3) is 22.3 Å². The first-order chi connectivity index (χ1) is 12.1. The number of benzene rings is 2. The van der Waals surface area contributed by atoms with Gasteiger partial charge in [-0.3, -0.25) is 4.79 Å². The molecule has 0 aliphatic carbocycles. The van der Waals surface area contributed by atoms with Crippen molar-refractivity contribution in [2.75, 3.05) is 14.2 Å². The van der Waals surface area contributed by atoms with Gasteiger partial charge in [-0.15, -0.1) is 0 Å². The van der Waals surface area contributed by atoms with Crippen molar-refractivity contribution in [2.24, 2.45) is 0 Å². The van der Waals surface area contributed by atoms with Gasteiger partial charge in [-0.05, 0) is 6.07 Å². The van der Waals surface area contributed by atoms with Crippen molar-refractivity contribution in [3.8, 4) is 40.1 Å². The third kappa shape index (κ3) is 2.02. The Bertz CT molecular complexity index is 1070. The van der Waals surface area contributed by atoms with Crippen LogP contribution in [0.4, 0.5) is 0 Å². The van der Waals surface area contributed by atoms with E-state index in [1.54, 1.807) is 12.1 Å². The van der Waals surface area contributed by atoms with Gasteiger partial charge in [0, 0.05) is 11.6 Å². The molecule has 0 radical (unpaired) electrons. The highest BCUT2D eigenvalue weighted by Gasteiger charge is 2.29. The summed E-state index contributed by atoms with van der Waals surface area (Å²) in [7, 11) is 2.76. The predicted molar refractivity (Wildman–Crippen MR) is 88.7 cm³/mol. The molecular formula is C18H14O7. The van der Waals surface area contributed by atoms with Crippen molar-refractivity contribution < 1.29 is 28.8 Å². The highest BCUT2D eigenvalue weighted by molar-refractivity contribution is 5.92. The van der Waals surface area contributed by atoms with Crippen LogP contribution in [0.1, 0.15) is 5.56 Å². The van der Waals surface area contributed by atoms with Crippen molar-refractivity contribution in [2.45, 2.75) is 6.61 Å². The van der Waals surface area contributed by atoms with Crippen LogP contribution in [0.2, 0.25) is 0 Å². The number of fused-ring (bicyclic) bond motifs is 4. The predicted octanol–water partition coefficient (Wildman–Crippen LogP) is 2.78. The van der Waals surface area contributed by atoms with E-state index in [2.05, 4.69) is 0 Å². The third-order valence-electron chi connectivity index (χ3n) is 4.19. The molecule has 0 atom stereocenters. The van der Waals surface area contributed by atoms with Gasteiger partial charge >= 0.3 is 0 Å². The second-order valence-electron chi connectivity index (χ2n) is 5.52. The molecule has 4 rings (SSSR count). The number of hydrogen-bond donors (Lipinski definition) is 2. The number of phenols is 2. The minimum absolute atomic E-state index is 0.0192. The van der Waals surface area contributed by atoms with Gasteiger partial charge in [0.05, 0.1) is 19.8 Å². The van der Waals surface area contributed by atoms with Gasteiger partial charge in [0.1, 0.15) is 23.3 Å². The Morgan fingerprint density at radius 1 is 1.16 bits per heavy atom. The molecule has 7 heteroatoms. The van der Waals surface area contributed by atoms with E-state index >= 15 is 0 Å². The average Bonchev–Trinajstić information content (AvgIpc) is 2.61. The molecule has 7 nitrogen and oxygen atoms in total. The minimum atomic E-state index is -0.552. The summed E-state index contributed by atoms with van der Waals surface area (Å²) in [5.41, 5.74) is 0.638. The highest BCUT2D eigenvalue weighted by Crippen LogP contribution is 2.46. The topological polar surface area (TPSA) is 98.4 Å². The largest absolute Gasteiger partial charge is 0.507 e. The van der Waals surface area contributed by atoms with Crippen LogP contribution in [-0.4, -0.2) is 24.4 Å². The van der Waals surface area contributed by atoms with E-state index < -0.39 is 5.43 Å². The Morgan fingerprint density at radius 2 is 1.96 bits per heavy atom.